The normalized spacial score (nSPS) is 11.0. The van der Waals surface area contributed by atoms with Gasteiger partial charge in [-0.2, -0.15) is 5.10 Å². The van der Waals surface area contributed by atoms with Crippen molar-refractivity contribution in [1.82, 2.24) is 9.78 Å². The molecule has 4 rings (SSSR count). The number of carbonyl (C=O) groups excluding carboxylic acids is 1. The van der Waals surface area contributed by atoms with Crippen LogP contribution in [0.1, 0.15) is 20.8 Å². The monoisotopic (exact) mass is 455 g/mol. The Kier molecular flexibility index (Phi) is 6.38. The number of anilines is 1. The maximum absolute atomic E-state index is 14.4. The number of nitrogens with zero attached hydrogens (tertiary/aromatic N) is 2. The highest BCUT2D eigenvalue weighted by Crippen LogP contribution is 2.35. The predicted octanol–water partition coefficient (Wildman–Crippen LogP) is 4.70. The van der Waals surface area contributed by atoms with Crippen molar-refractivity contribution < 1.29 is 23.4 Å². The van der Waals surface area contributed by atoms with E-state index in [0.717, 1.165) is 5.56 Å². The molecule has 0 fully saturated rings. The Labute approximate surface area is 188 Å². The summed E-state index contributed by atoms with van der Waals surface area (Å²) in [4.78, 5) is 13.6. The fourth-order valence-electron chi connectivity index (χ4n) is 3.61. The lowest BCUT2D eigenvalue weighted by molar-refractivity contribution is 0.102. The van der Waals surface area contributed by atoms with E-state index in [4.69, 9.17) is 14.2 Å². The van der Waals surface area contributed by atoms with Crippen molar-refractivity contribution in [2.75, 3.05) is 26.6 Å². The van der Waals surface area contributed by atoms with Crippen molar-refractivity contribution in [2.45, 2.75) is 13.2 Å². The zero-order valence-corrected chi connectivity index (χ0v) is 18.7. The smallest absolute Gasteiger partial charge is 0.267 e. The summed E-state index contributed by atoms with van der Waals surface area (Å²) >= 11 is 1.23. The van der Waals surface area contributed by atoms with Gasteiger partial charge in [-0.1, -0.05) is 18.2 Å². The Balaban J connectivity index is 1.64. The molecule has 0 unspecified atom stereocenters. The molecule has 0 aliphatic heterocycles. The molecule has 0 saturated heterocycles. The molecule has 1 N–H and O–H groups in total. The molecule has 0 aliphatic rings. The number of para-hydroxylation sites is 1. The first-order valence-electron chi connectivity index (χ1n) is 9.79. The van der Waals surface area contributed by atoms with E-state index in [1.54, 1.807) is 43.3 Å². The van der Waals surface area contributed by atoms with E-state index in [9.17, 15) is 9.18 Å². The molecular formula is C23H22FN3O4S. The second-order valence-electron chi connectivity index (χ2n) is 6.94. The highest BCUT2D eigenvalue weighted by atomic mass is 32.1. The van der Waals surface area contributed by atoms with E-state index in [0.29, 0.717) is 44.4 Å². The topological polar surface area (TPSA) is 74.6 Å². The number of hydrogen-bond acceptors (Lipinski definition) is 6. The Morgan fingerprint density at radius 3 is 2.69 bits per heavy atom. The Morgan fingerprint density at radius 2 is 1.94 bits per heavy atom. The number of benzene rings is 2. The first-order valence-corrected chi connectivity index (χ1v) is 10.6. The summed E-state index contributed by atoms with van der Waals surface area (Å²) in [6.45, 7) is 0.485. The van der Waals surface area contributed by atoms with Crippen molar-refractivity contribution in [3.05, 3.63) is 70.5 Å². The molecule has 0 spiro atoms. The van der Waals surface area contributed by atoms with Gasteiger partial charge in [-0.15, -0.1) is 11.3 Å². The highest BCUT2D eigenvalue weighted by molar-refractivity contribution is 7.21. The van der Waals surface area contributed by atoms with Crippen molar-refractivity contribution >= 4 is 33.1 Å². The van der Waals surface area contributed by atoms with Crippen LogP contribution >= 0.6 is 11.3 Å². The molecule has 0 aliphatic carbocycles. The van der Waals surface area contributed by atoms with Crippen LogP contribution < -0.4 is 14.8 Å². The molecule has 1 amide bonds. The minimum absolute atomic E-state index is 0.129. The summed E-state index contributed by atoms with van der Waals surface area (Å²) in [5.41, 5.74) is 1.37. The number of hydrogen-bond donors (Lipinski definition) is 1. The molecule has 0 radical (unpaired) electrons. The van der Waals surface area contributed by atoms with Crippen molar-refractivity contribution in [3.63, 3.8) is 0 Å². The minimum atomic E-state index is -0.375. The summed E-state index contributed by atoms with van der Waals surface area (Å²) in [6, 6.07) is 12.1. The van der Waals surface area contributed by atoms with Gasteiger partial charge in [-0.05, 0) is 18.2 Å². The first kappa shape index (κ1) is 21.8. The number of aromatic nitrogens is 2. The quantitative estimate of drug-likeness (QED) is 0.417. The molecule has 9 heteroatoms. The molecule has 0 saturated carbocycles. The fraction of sp³-hybridized carbons (Fsp3) is 0.217. The molecule has 0 atom stereocenters. The summed E-state index contributed by atoms with van der Waals surface area (Å²) < 4.78 is 32.9. The van der Waals surface area contributed by atoms with Gasteiger partial charge in [0.05, 0.1) is 38.4 Å². The van der Waals surface area contributed by atoms with Crippen LogP contribution in [0.25, 0.3) is 10.1 Å². The lowest BCUT2D eigenvalue weighted by Crippen LogP contribution is -2.17. The molecule has 4 aromatic rings. The third-order valence-electron chi connectivity index (χ3n) is 5.02. The summed E-state index contributed by atoms with van der Waals surface area (Å²) in [7, 11) is 4.67. The lowest BCUT2D eigenvalue weighted by atomic mass is 10.1. The molecule has 7 nitrogen and oxygen atoms in total. The Morgan fingerprint density at radius 1 is 1.12 bits per heavy atom. The second kappa shape index (κ2) is 9.37. The van der Waals surface area contributed by atoms with Gasteiger partial charge in [0.2, 0.25) is 0 Å². The van der Waals surface area contributed by atoms with Crippen LogP contribution in [0.4, 0.5) is 10.2 Å². The van der Waals surface area contributed by atoms with E-state index in [2.05, 4.69) is 10.4 Å². The molecule has 166 valence electrons. The number of ether oxygens (including phenoxy) is 3. The maximum atomic E-state index is 14.4. The standard InChI is InChI=1S/C23H22FN3O4S/c1-29-13-15-20-16(24)7-5-9-18(20)32-22(15)23(28)26-19-10-11-25-27(19)12-14-6-4-8-17(30-2)21(14)31-3/h4-11H,12-13H2,1-3H3,(H,26,28). The number of rotatable bonds is 8. The van der Waals surface area contributed by atoms with E-state index < -0.39 is 0 Å². The van der Waals surface area contributed by atoms with Crippen LogP contribution in [0.5, 0.6) is 11.5 Å². The van der Waals surface area contributed by atoms with Crippen molar-refractivity contribution in [3.8, 4) is 11.5 Å². The number of carbonyl (C=O) groups is 1. The number of nitrogens with one attached hydrogen (secondary N) is 1. The summed E-state index contributed by atoms with van der Waals surface area (Å²) in [5, 5.41) is 7.64. The van der Waals surface area contributed by atoms with Crippen LogP contribution in [-0.2, 0) is 17.9 Å². The third-order valence-corrected chi connectivity index (χ3v) is 6.22. The number of thiophene rings is 1. The molecule has 2 aromatic carbocycles. The van der Waals surface area contributed by atoms with Crippen molar-refractivity contribution in [2.24, 2.45) is 0 Å². The highest BCUT2D eigenvalue weighted by Gasteiger charge is 2.22. The van der Waals surface area contributed by atoms with Crippen molar-refractivity contribution in [1.29, 1.82) is 0 Å². The number of halogens is 1. The second-order valence-corrected chi connectivity index (χ2v) is 7.99. The van der Waals surface area contributed by atoms with Gasteiger partial charge in [0.15, 0.2) is 11.5 Å². The van der Waals surface area contributed by atoms with E-state index in [1.165, 1.54) is 24.5 Å². The van der Waals surface area contributed by atoms with Gasteiger partial charge in [0.25, 0.3) is 5.91 Å². The van der Waals surface area contributed by atoms with Gasteiger partial charge in [-0.3, -0.25) is 4.79 Å². The van der Waals surface area contributed by atoms with Crippen LogP contribution in [0.2, 0.25) is 0 Å². The van der Waals surface area contributed by atoms with E-state index in [-0.39, 0.29) is 18.3 Å². The third kappa shape index (κ3) is 4.04. The van der Waals surface area contributed by atoms with Gasteiger partial charge in [0.1, 0.15) is 11.6 Å². The van der Waals surface area contributed by atoms with Crippen LogP contribution in [0, 0.1) is 5.82 Å². The van der Waals surface area contributed by atoms with Gasteiger partial charge >= 0.3 is 0 Å². The first-order chi connectivity index (χ1) is 15.6. The van der Waals surface area contributed by atoms with Crippen LogP contribution in [-0.4, -0.2) is 37.0 Å². The number of methoxy groups -OCH3 is 3. The minimum Gasteiger partial charge on any atom is -0.493 e. The predicted molar refractivity (Wildman–Crippen MR) is 121 cm³/mol. The summed E-state index contributed by atoms with van der Waals surface area (Å²) in [6.07, 6.45) is 1.60. The van der Waals surface area contributed by atoms with Gasteiger partial charge < -0.3 is 19.5 Å². The zero-order chi connectivity index (χ0) is 22.7. The fourth-order valence-corrected chi connectivity index (χ4v) is 4.73. The largest absolute Gasteiger partial charge is 0.493 e. The van der Waals surface area contributed by atoms with Gasteiger partial charge in [-0.25, -0.2) is 9.07 Å². The average Bonchev–Trinajstić information content (AvgIpc) is 3.39. The Bertz CT molecular complexity index is 1270. The molecular weight excluding hydrogens is 433 g/mol. The molecule has 2 heterocycles. The molecule has 2 aromatic heterocycles. The van der Waals surface area contributed by atoms with Crippen LogP contribution in [0.3, 0.4) is 0 Å². The van der Waals surface area contributed by atoms with Crippen LogP contribution in [0.15, 0.2) is 48.7 Å². The van der Waals surface area contributed by atoms with Gasteiger partial charge in [0, 0.05) is 34.4 Å². The van der Waals surface area contributed by atoms with E-state index >= 15 is 0 Å². The van der Waals surface area contributed by atoms with E-state index in [1.807, 2.05) is 18.2 Å². The number of fused-ring (bicyclic) bond motifs is 1. The average molecular weight is 456 g/mol. The molecule has 0 bridgehead atoms. The SMILES string of the molecule is COCc1c(C(=O)Nc2ccnn2Cc2cccc(OC)c2OC)sc2cccc(F)c12. The maximum Gasteiger partial charge on any atom is 0.267 e. The number of amides is 1. The summed E-state index contributed by atoms with van der Waals surface area (Å²) in [5.74, 6) is 0.988. The Hall–Kier alpha value is -3.43. The molecule has 32 heavy (non-hydrogen) atoms. The zero-order valence-electron chi connectivity index (χ0n) is 17.8. The lowest BCUT2D eigenvalue weighted by Gasteiger charge is -2.14.